The minimum absolute atomic E-state index is 0.143. The second-order valence-corrected chi connectivity index (χ2v) is 3.01. The van der Waals surface area contributed by atoms with Crippen molar-refractivity contribution < 1.29 is 14.6 Å². The van der Waals surface area contributed by atoms with Crippen molar-refractivity contribution in [2.24, 2.45) is 0 Å². The van der Waals surface area contributed by atoms with Gasteiger partial charge in [-0.05, 0) is 25.7 Å². The zero-order valence-electron chi connectivity index (χ0n) is 8.53. The summed E-state index contributed by atoms with van der Waals surface area (Å²) in [4.78, 5) is 0. The highest BCUT2D eigenvalue weighted by atomic mass is 16.7. The fourth-order valence-corrected chi connectivity index (χ4v) is 1.16. The minimum Gasteiger partial charge on any atom is -0.393 e. The summed E-state index contributed by atoms with van der Waals surface area (Å²) in [6.45, 7) is 3.57. The smallest absolute Gasteiger partial charge is 0.156 e. The lowest BCUT2D eigenvalue weighted by Crippen LogP contribution is -2.14. The quantitative estimate of drug-likeness (QED) is 0.465. The Labute approximate surface area is 80.4 Å². The Morgan fingerprint density at radius 1 is 1.31 bits per heavy atom. The molecule has 0 aliphatic carbocycles. The first kappa shape index (κ1) is 12.6. The van der Waals surface area contributed by atoms with Gasteiger partial charge in [-0.1, -0.05) is 6.08 Å². The van der Waals surface area contributed by atoms with Crippen LogP contribution in [0.15, 0.2) is 12.7 Å². The molecule has 0 saturated carbocycles. The Bertz CT molecular complexity index is 121. The van der Waals surface area contributed by atoms with E-state index in [9.17, 15) is 5.11 Å². The van der Waals surface area contributed by atoms with Crippen molar-refractivity contribution in [3.8, 4) is 0 Å². The van der Waals surface area contributed by atoms with Crippen LogP contribution < -0.4 is 0 Å². The Balaban J connectivity index is 3.36. The van der Waals surface area contributed by atoms with E-state index in [0.717, 1.165) is 19.3 Å². The highest BCUT2D eigenvalue weighted by Gasteiger charge is 2.06. The van der Waals surface area contributed by atoms with Crippen LogP contribution in [0.1, 0.15) is 25.7 Å². The Kier molecular flexibility index (Phi) is 7.99. The largest absolute Gasteiger partial charge is 0.393 e. The summed E-state index contributed by atoms with van der Waals surface area (Å²) in [6.07, 6.45) is 4.47. The molecule has 0 radical (unpaired) electrons. The molecule has 0 saturated heterocycles. The topological polar surface area (TPSA) is 38.7 Å². The van der Waals surface area contributed by atoms with Crippen LogP contribution in [-0.2, 0) is 9.47 Å². The molecule has 0 bridgehead atoms. The number of methoxy groups -OCH3 is 2. The van der Waals surface area contributed by atoms with Gasteiger partial charge in [0.05, 0.1) is 6.10 Å². The van der Waals surface area contributed by atoms with Gasteiger partial charge in [-0.3, -0.25) is 0 Å². The van der Waals surface area contributed by atoms with Gasteiger partial charge < -0.3 is 14.6 Å². The van der Waals surface area contributed by atoms with Crippen molar-refractivity contribution in [3.63, 3.8) is 0 Å². The summed E-state index contributed by atoms with van der Waals surface area (Å²) in [5.74, 6) is 0. The van der Waals surface area contributed by atoms with E-state index in [-0.39, 0.29) is 12.4 Å². The van der Waals surface area contributed by atoms with Gasteiger partial charge in [0.1, 0.15) is 0 Å². The lowest BCUT2D eigenvalue weighted by atomic mass is 10.1. The molecule has 0 aliphatic rings. The molecule has 0 rings (SSSR count). The Morgan fingerprint density at radius 2 is 1.92 bits per heavy atom. The maximum atomic E-state index is 9.35. The second-order valence-electron chi connectivity index (χ2n) is 3.01. The third-order valence-electron chi connectivity index (χ3n) is 1.94. The number of ether oxygens (including phenoxy) is 2. The molecule has 0 aromatic carbocycles. The van der Waals surface area contributed by atoms with Gasteiger partial charge in [0.2, 0.25) is 0 Å². The molecule has 0 fully saturated rings. The van der Waals surface area contributed by atoms with Crippen molar-refractivity contribution in [1.82, 2.24) is 0 Å². The van der Waals surface area contributed by atoms with Gasteiger partial charge in [0.25, 0.3) is 0 Å². The monoisotopic (exact) mass is 188 g/mol. The van der Waals surface area contributed by atoms with Crippen LogP contribution in [-0.4, -0.2) is 31.7 Å². The van der Waals surface area contributed by atoms with E-state index in [2.05, 4.69) is 6.58 Å². The van der Waals surface area contributed by atoms with E-state index >= 15 is 0 Å². The SMILES string of the molecule is C=CCC(O)CCCC(OC)OC. The Morgan fingerprint density at radius 3 is 2.38 bits per heavy atom. The molecule has 13 heavy (non-hydrogen) atoms. The number of aliphatic hydroxyl groups excluding tert-OH is 1. The molecule has 78 valence electrons. The standard InChI is InChI=1S/C10H20O3/c1-4-6-9(11)7-5-8-10(12-2)13-3/h4,9-11H,1,5-8H2,2-3H3. The van der Waals surface area contributed by atoms with E-state index in [0.29, 0.717) is 6.42 Å². The molecular formula is C10H20O3. The summed E-state index contributed by atoms with van der Waals surface area (Å²) < 4.78 is 10.0. The van der Waals surface area contributed by atoms with Crippen LogP contribution >= 0.6 is 0 Å². The molecule has 1 N–H and O–H groups in total. The van der Waals surface area contributed by atoms with Gasteiger partial charge in [-0.25, -0.2) is 0 Å². The Hall–Kier alpha value is -0.380. The molecule has 0 aromatic heterocycles. The van der Waals surface area contributed by atoms with Crippen molar-refractivity contribution in [1.29, 1.82) is 0 Å². The van der Waals surface area contributed by atoms with Crippen molar-refractivity contribution in [2.45, 2.75) is 38.1 Å². The third kappa shape index (κ3) is 6.75. The predicted molar refractivity (Wildman–Crippen MR) is 52.5 cm³/mol. The maximum absolute atomic E-state index is 9.35. The van der Waals surface area contributed by atoms with E-state index in [1.165, 1.54) is 0 Å². The molecular weight excluding hydrogens is 168 g/mol. The summed E-state index contributed by atoms with van der Waals surface area (Å²) in [6, 6.07) is 0. The van der Waals surface area contributed by atoms with Crippen LogP contribution in [0.4, 0.5) is 0 Å². The number of aliphatic hydroxyl groups is 1. The molecule has 0 aliphatic heterocycles. The van der Waals surface area contributed by atoms with Crippen LogP contribution in [0.3, 0.4) is 0 Å². The predicted octanol–water partition coefficient (Wildman–Crippen LogP) is 1.71. The first-order chi connectivity index (χ1) is 6.24. The normalized spacial score (nSPS) is 13.2. The second kappa shape index (κ2) is 8.23. The van der Waals surface area contributed by atoms with Crippen LogP contribution in [0.2, 0.25) is 0 Å². The van der Waals surface area contributed by atoms with E-state index < -0.39 is 0 Å². The summed E-state index contributed by atoms with van der Waals surface area (Å²) in [7, 11) is 3.24. The number of rotatable bonds is 8. The molecule has 1 unspecified atom stereocenters. The molecule has 0 spiro atoms. The molecule has 0 amide bonds. The zero-order chi connectivity index (χ0) is 10.1. The van der Waals surface area contributed by atoms with Crippen LogP contribution in [0.25, 0.3) is 0 Å². The van der Waals surface area contributed by atoms with Crippen molar-refractivity contribution in [2.75, 3.05) is 14.2 Å². The highest BCUT2D eigenvalue weighted by molar-refractivity contribution is 4.72. The molecule has 1 atom stereocenters. The summed E-state index contributed by atoms with van der Waals surface area (Å²) in [5.41, 5.74) is 0. The minimum atomic E-state index is -0.271. The highest BCUT2D eigenvalue weighted by Crippen LogP contribution is 2.09. The van der Waals surface area contributed by atoms with Gasteiger partial charge in [-0.15, -0.1) is 6.58 Å². The van der Waals surface area contributed by atoms with Crippen LogP contribution in [0.5, 0.6) is 0 Å². The first-order valence-electron chi connectivity index (χ1n) is 4.59. The van der Waals surface area contributed by atoms with Crippen LogP contribution in [0, 0.1) is 0 Å². The fraction of sp³-hybridized carbons (Fsp3) is 0.800. The molecule has 0 aromatic rings. The average Bonchev–Trinajstić information content (AvgIpc) is 2.13. The zero-order valence-corrected chi connectivity index (χ0v) is 8.53. The van der Waals surface area contributed by atoms with E-state index in [1.807, 2.05) is 0 Å². The van der Waals surface area contributed by atoms with Crippen molar-refractivity contribution >= 4 is 0 Å². The molecule has 3 heteroatoms. The fourth-order valence-electron chi connectivity index (χ4n) is 1.16. The van der Waals surface area contributed by atoms with Gasteiger partial charge in [0.15, 0.2) is 6.29 Å². The third-order valence-corrected chi connectivity index (χ3v) is 1.94. The molecule has 0 heterocycles. The average molecular weight is 188 g/mol. The maximum Gasteiger partial charge on any atom is 0.156 e. The lowest BCUT2D eigenvalue weighted by molar-refractivity contribution is -0.107. The summed E-state index contributed by atoms with van der Waals surface area (Å²) in [5, 5.41) is 9.35. The first-order valence-corrected chi connectivity index (χ1v) is 4.59. The molecule has 3 nitrogen and oxygen atoms in total. The lowest BCUT2D eigenvalue weighted by Gasteiger charge is -2.14. The van der Waals surface area contributed by atoms with Gasteiger partial charge >= 0.3 is 0 Å². The summed E-state index contributed by atoms with van der Waals surface area (Å²) >= 11 is 0. The van der Waals surface area contributed by atoms with Crippen molar-refractivity contribution in [3.05, 3.63) is 12.7 Å². The van der Waals surface area contributed by atoms with Gasteiger partial charge in [0, 0.05) is 14.2 Å². The van der Waals surface area contributed by atoms with E-state index in [4.69, 9.17) is 9.47 Å². The van der Waals surface area contributed by atoms with Gasteiger partial charge in [-0.2, -0.15) is 0 Å². The number of hydrogen-bond acceptors (Lipinski definition) is 3. The van der Waals surface area contributed by atoms with E-state index in [1.54, 1.807) is 20.3 Å². The number of hydrogen-bond donors (Lipinski definition) is 1.